The number of aliphatic hydroxyl groups excluding tert-OH is 1. The van der Waals surface area contributed by atoms with Crippen LogP contribution in [0.5, 0.6) is 0 Å². The van der Waals surface area contributed by atoms with Crippen molar-refractivity contribution in [2.24, 2.45) is 0 Å². The van der Waals surface area contributed by atoms with E-state index in [0.717, 1.165) is 38.5 Å². The summed E-state index contributed by atoms with van der Waals surface area (Å²) in [5, 5.41) is 14.1. The van der Waals surface area contributed by atoms with Gasteiger partial charge in [-0.1, -0.05) is 290 Å². The molecule has 0 aromatic rings. The second kappa shape index (κ2) is 49.5. The molecule has 9 heteroatoms. The number of hydrogen-bond donors (Lipinski definition) is 3. The first kappa shape index (κ1) is 65.5. The molecule has 0 aliphatic heterocycles. The van der Waals surface area contributed by atoms with Crippen molar-refractivity contribution < 1.29 is 32.9 Å². The lowest BCUT2D eigenvalue weighted by Crippen LogP contribution is -2.46. The van der Waals surface area contributed by atoms with E-state index in [1.165, 1.54) is 244 Å². The Morgan fingerprint density at radius 2 is 0.727 bits per heavy atom. The Kier molecular flexibility index (Phi) is 49.1. The summed E-state index contributed by atoms with van der Waals surface area (Å²) in [5.74, 6) is -0.136. The number of phosphoric acid groups is 1. The maximum Gasteiger partial charge on any atom is 0.472 e. The third-order valence-corrected chi connectivity index (χ3v) is 14.8. The first-order chi connectivity index (χ1) is 32.0. The molecule has 0 saturated heterocycles. The number of unbranched alkanes of at least 4 members (excludes halogenated alkanes) is 42. The van der Waals surface area contributed by atoms with Gasteiger partial charge in [0.25, 0.3) is 0 Å². The number of likely N-dealkylation sites (N-methyl/N-ethyl adjacent to an activating group) is 1. The second-order valence-corrected chi connectivity index (χ2v) is 23.2. The van der Waals surface area contributed by atoms with Gasteiger partial charge in [-0.15, -0.1) is 0 Å². The molecule has 0 aliphatic rings. The van der Waals surface area contributed by atoms with Crippen molar-refractivity contribution in [2.75, 3.05) is 40.9 Å². The van der Waals surface area contributed by atoms with Gasteiger partial charge in [0.1, 0.15) is 13.2 Å². The summed E-state index contributed by atoms with van der Waals surface area (Å²) in [6, 6.07) is -0.754. The molecule has 0 spiro atoms. The molecule has 0 fully saturated rings. The Hall–Kier alpha value is -0.500. The Morgan fingerprint density at radius 3 is 1.02 bits per heavy atom. The van der Waals surface area contributed by atoms with Crippen LogP contribution in [0.2, 0.25) is 0 Å². The Morgan fingerprint density at radius 1 is 0.455 bits per heavy atom. The number of phosphoric ester groups is 1. The minimum absolute atomic E-state index is 0.0790. The van der Waals surface area contributed by atoms with Gasteiger partial charge in [0.15, 0.2) is 0 Å². The third-order valence-electron chi connectivity index (χ3n) is 13.9. The van der Waals surface area contributed by atoms with E-state index >= 15 is 0 Å². The fraction of sp³-hybridized carbons (Fsp3) is 0.982. The zero-order chi connectivity index (χ0) is 48.5. The average Bonchev–Trinajstić information content (AvgIpc) is 3.28. The van der Waals surface area contributed by atoms with Gasteiger partial charge in [-0.2, -0.15) is 0 Å². The highest BCUT2D eigenvalue weighted by Gasteiger charge is 2.28. The van der Waals surface area contributed by atoms with Crippen molar-refractivity contribution in [3.8, 4) is 0 Å². The lowest BCUT2D eigenvalue weighted by molar-refractivity contribution is -0.870. The van der Waals surface area contributed by atoms with Gasteiger partial charge < -0.3 is 19.8 Å². The summed E-state index contributed by atoms with van der Waals surface area (Å²) in [6.45, 7) is 4.94. The van der Waals surface area contributed by atoms with E-state index in [9.17, 15) is 19.4 Å². The van der Waals surface area contributed by atoms with E-state index < -0.39 is 20.0 Å². The van der Waals surface area contributed by atoms with Gasteiger partial charge in [0, 0.05) is 6.42 Å². The molecule has 0 aliphatic carbocycles. The molecule has 396 valence electrons. The maximum absolute atomic E-state index is 13.0. The number of carbonyl (C=O) groups is 1. The molecule has 0 radical (unpaired) electrons. The van der Waals surface area contributed by atoms with Crippen molar-refractivity contribution in [3.63, 3.8) is 0 Å². The molecule has 0 saturated carbocycles. The van der Waals surface area contributed by atoms with Crippen molar-refractivity contribution in [2.45, 2.75) is 321 Å². The lowest BCUT2D eigenvalue weighted by Gasteiger charge is -2.26. The molecule has 3 unspecified atom stereocenters. The predicted molar refractivity (Wildman–Crippen MR) is 286 cm³/mol. The first-order valence-electron chi connectivity index (χ1n) is 29.4. The van der Waals surface area contributed by atoms with Crippen molar-refractivity contribution in [1.82, 2.24) is 5.32 Å². The minimum atomic E-state index is -4.31. The lowest BCUT2D eigenvalue weighted by atomic mass is 10.0. The van der Waals surface area contributed by atoms with Crippen LogP contribution in [0.1, 0.15) is 309 Å². The molecule has 1 amide bonds. The van der Waals surface area contributed by atoms with Crippen LogP contribution in [-0.2, 0) is 18.4 Å². The van der Waals surface area contributed by atoms with E-state index in [1.54, 1.807) is 0 Å². The van der Waals surface area contributed by atoms with Crippen LogP contribution in [0.4, 0.5) is 0 Å². The molecule has 0 bridgehead atoms. The van der Waals surface area contributed by atoms with Crippen LogP contribution in [0.3, 0.4) is 0 Å². The van der Waals surface area contributed by atoms with Gasteiger partial charge in [0.2, 0.25) is 5.91 Å². The number of aliphatic hydroxyl groups is 1. The number of hydrogen-bond acceptors (Lipinski definition) is 5. The van der Waals surface area contributed by atoms with Crippen molar-refractivity contribution in [3.05, 3.63) is 0 Å². The van der Waals surface area contributed by atoms with E-state index in [2.05, 4.69) is 19.2 Å². The molecular formula is C57H118N2O6P+. The van der Waals surface area contributed by atoms with Crippen LogP contribution in [0, 0.1) is 0 Å². The van der Waals surface area contributed by atoms with E-state index in [0.29, 0.717) is 23.9 Å². The van der Waals surface area contributed by atoms with Crippen LogP contribution in [0.25, 0.3) is 0 Å². The van der Waals surface area contributed by atoms with Gasteiger partial charge in [-0.05, 0) is 12.8 Å². The Balaban J connectivity index is 4.01. The van der Waals surface area contributed by atoms with Gasteiger partial charge >= 0.3 is 7.82 Å². The van der Waals surface area contributed by atoms with Gasteiger partial charge in [-0.25, -0.2) is 4.57 Å². The standard InChI is InChI=1S/C57H117N2O6P/c1-6-8-10-12-14-16-18-20-22-23-24-25-26-27-28-29-30-31-32-33-34-35-37-39-41-43-45-47-49-51-57(61)58-55(54-65-66(62,63)64-53-52-59(3,4)5)56(60)50-48-46-44-42-40-38-36-21-19-17-15-13-11-9-7-2/h55-56,60H,6-54H2,1-5H3,(H-,58,61,62,63)/p+1. The maximum atomic E-state index is 13.0. The SMILES string of the molecule is CCCCCCCCCCCCCCCCCCCCCCCCCCCCCCCC(=O)NC(COP(=O)(O)OCC[N+](C)(C)C)C(O)CCCCCCCCCCCCCCCCC. The van der Waals surface area contributed by atoms with Crippen molar-refractivity contribution >= 4 is 13.7 Å². The third kappa shape index (κ3) is 51.4. The summed E-state index contributed by atoms with van der Waals surface area (Å²) in [5.41, 5.74) is 0. The second-order valence-electron chi connectivity index (χ2n) is 21.7. The highest BCUT2D eigenvalue weighted by Crippen LogP contribution is 2.43. The zero-order valence-electron chi connectivity index (χ0n) is 45.2. The highest BCUT2D eigenvalue weighted by atomic mass is 31.2. The number of nitrogens with one attached hydrogen (secondary N) is 1. The topological polar surface area (TPSA) is 105 Å². The summed E-state index contributed by atoms with van der Waals surface area (Å²) < 4.78 is 23.8. The summed E-state index contributed by atoms with van der Waals surface area (Å²) in [4.78, 5) is 23.3. The highest BCUT2D eigenvalue weighted by molar-refractivity contribution is 7.47. The molecule has 3 atom stereocenters. The Bertz CT molecular complexity index is 1040. The Labute approximate surface area is 412 Å². The molecule has 0 aromatic heterocycles. The average molecular weight is 959 g/mol. The molecule has 0 heterocycles. The number of rotatable bonds is 55. The number of quaternary nitrogens is 1. The minimum Gasteiger partial charge on any atom is -0.391 e. The fourth-order valence-corrected chi connectivity index (χ4v) is 9.96. The fourth-order valence-electron chi connectivity index (χ4n) is 9.23. The smallest absolute Gasteiger partial charge is 0.391 e. The number of nitrogens with zero attached hydrogens (tertiary/aromatic N) is 1. The summed E-state index contributed by atoms with van der Waals surface area (Å²) >= 11 is 0. The molecule has 0 rings (SSSR count). The molecule has 8 nitrogen and oxygen atoms in total. The number of carbonyl (C=O) groups excluding carboxylic acids is 1. The molecule has 66 heavy (non-hydrogen) atoms. The van der Waals surface area contributed by atoms with E-state index in [4.69, 9.17) is 9.05 Å². The monoisotopic (exact) mass is 958 g/mol. The van der Waals surface area contributed by atoms with Crippen molar-refractivity contribution in [1.29, 1.82) is 0 Å². The summed E-state index contributed by atoms with van der Waals surface area (Å²) in [7, 11) is 1.64. The van der Waals surface area contributed by atoms with Gasteiger partial charge in [-0.3, -0.25) is 13.8 Å². The van der Waals surface area contributed by atoms with Crippen LogP contribution in [0.15, 0.2) is 0 Å². The predicted octanol–water partition coefficient (Wildman–Crippen LogP) is 17.7. The molecular weight excluding hydrogens is 840 g/mol. The first-order valence-corrected chi connectivity index (χ1v) is 30.9. The van der Waals surface area contributed by atoms with E-state index in [-0.39, 0.29) is 19.1 Å². The van der Waals surface area contributed by atoms with Gasteiger partial charge in [0.05, 0.1) is 39.9 Å². The van der Waals surface area contributed by atoms with Crippen LogP contribution >= 0.6 is 7.82 Å². The molecule has 0 aromatic carbocycles. The summed E-state index contributed by atoms with van der Waals surface area (Å²) in [6.07, 6.45) is 58.8. The zero-order valence-corrected chi connectivity index (χ0v) is 46.1. The largest absolute Gasteiger partial charge is 0.472 e. The number of amides is 1. The quantitative estimate of drug-likeness (QED) is 0.0319. The van der Waals surface area contributed by atoms with Crippen LogP contribution in [-0.4, -0.2) is 73.4 Å². The van der Waals surface area contributed by atoms with Crippen LogP contribution < -0.4 is 5.32 Å². The normalized spacial score (nSPS) is 13.9. The molecule has 3 N–H and O–H groups in total. The van der Waals surface area contributed by atoms with E-state index in [1.807, 2.05) is 21.1 Å².